The maximum absolute atomic E-state index is 7.16. The van der Waals surface area contributed by atoms with Gasteiger partial charge in [0.2, 0.25) is 0 Å². The third kappa shape index (κ3) is 4.53. The molecular weight excluding hydrogens is 779 g/mol. The summed E-state index contributed by atoms with van der Waals surface area (Å²) in [7, 11) is 0. The largest absolute Gasteiger partial charge is 0.456 e. The Hall–Kier alpha value is -7.76. The lowest BCUT2D eigenvalue weighted by Gasteiger charge is -2.52. The molecule has 5 heteroatoms. The van der Waals surface area contributed by atoms with Crippen LogP contribution in [0.5, 0.6) is 0 Å². The van der Waals surface area contributed by atoms with Crippen molar-refractivity contribution < 1.29 is 8.83 Å². The number of fused-ring (bicyclic) bond motifs is 14. The second-order valence-corrected chi connectivity index (χ2v) is 18.7. The van der Waals surface area contributed by atoms with Crippen molar-refractivity contribution in [1.82, 2.24) is 0 Å². The lowest BCUT2D eigenvalue weighted by molar-refractivity contribution is 0.590. The third-order valence-corrected chi connectivity index (χ3v) is 14.5. The minimum absolute atomic E-state index is 0.00230. The van der Waals surface area contributed by atoms with E-state index in [1.807, 2.05) is 0 Å². The molecule has 0 saturated heterocycles. The molecule has 0 N–H and O–H groups in total. The summed E-state index contributed by atoms with van der Waals surface area (Å²) in [5.74, 6) is 0. The highest BCUT2D eigenvalue weighted by molar-refractivity contribution is 6.94. The molecule has 5 heterocycles. The van der Waals surface area contributed by atoms with E-state index < -0.39 is 5.41 Å². The van der Waals surface area contributed by atoms with Gasteiger partial charge in [0.25, 0.3) is 0 Å². The lowest BCUT2D eigenvalue weighted by atomic mass is 9.42. The van der Waals surface area contributed by atoms with Gasteiger partial charge in [0.05, 0.1) is 11.1 Å². The molecule has 0 radical (unpaired) electrons. The van der Waals surface area contributed by atoms with Crippen LogP contribution in [0.25, 0.3) is 55.0 Å². The van der Waals surface area contributed by atoms with Gasteiger partial charge < -0.3 is 18.5 Å². The molecule has 0 atom stereocenters. The monoisotopic (exact) mass is 820 g/mol. The van der Waals surface area contributed by atoms with Gasteiger partial charge in [0.15, 0.2) is 0 Å². The Morgan fingerprint density at radius 2 is 1.12 bits per heavy atom. The first kappa shape index (κ1) is 35.8. The van der Waals surface area contributed by atoms with Crippen LogP contribution in [0.1, 0.15) is 48.6 Å². The first-order valence-corrected chi connectivity index (χ1v) is 22.4. The Labute approximate surface area is 371 Å². The van der Waals surface area contributed by atoms with Gasteiger partial charge in [0, 0.05) is 55.4 Å². The first-order chi connectivity index (χ1) is 31.4. The van der Waals surface area contributed by atoms with E-state index in [4.69, 9.17) is 8.83 Å². The summed E-state index contributed by atoms with van der Waals surface area (Å²) >= 11 is 0. The van der Waals surface area contributed by atoms with Crippen molar-refractivity contribution in [1.29, 1.82) is 0 Å². The van der Waals surface area contributed by atoms with Crippen molar-refractivity contribution in [3.63, 3.8) is 0 Å². The quantitative estimate of drug-likeness (QED) is 0.166. The minimum atomic E-state index is -0.610. The molecule has 0 unspecified atom stereocenters. The second kappa shape index (κ2) is 12.7. The average molecular weight is 821 g/mol. The molecular formula is C59H41BN2O2. The zero-order valence-corrected chi connectivity index (χ0v) is 35.8. The topological polar surface area (TPSA) is 32.8 Å². The molecule has 0 saturated carbocycles. The van der Waals surface area contributed by atoms with Gasteiger partial charge >= 0.3 is 6.85 Å². The fourth-order valence-corrected chi connectivity index (χ4v) is 11.8. The third-order valence-electron chi connectivity index (χ3n) is 14.5. The maximum Gasteiger partial charge on any atom is 0.333 e. The van der Waals surface area contributed by atoms with E-state index in [0.717, 1.165) is 72.1 Å². The average Bonchev–Trinajstić information content (AvgIpc) is 3.91. The van der Waals surface area contributed by atoms with Crippen molar-refractivity contribution in [3.8, 4) is 11.1 Å². The van der Waals surface area contributed by atoms with E-state index in [1.165, 1.54) is 50.1 Å². The lowest BCUT2D eigenvalue weighted by Crippen LogP contribution is -2.62. The summed E-state index contributed by atoms with van der Waals surface area (Å²) in [6.07, 6.45) is 0. The molecule has 0 fully saturated rings. The standard InChI is InChI=1S/C59H41BN2O2/c1-58(2,3)36-29-31-39(32-30-36)62-47-33-34-51-52(41-22-11-15-28-50(41)63-51)53(47)54-55-48(35-42-40-21-10-14-27-49(40)64-57(42)54)61-46-26-13-12-23-43(46)59(37-17-6-4-7-18-37,38-19-8-5-9-20-38)44-24-16-25-45(56(44)61)60(55)62/h4-35H,1-3H3. The van der Waals surface area contributed by atoms with E-state index in [9.17, 15) is 0 Å². The number of furan rings is 2. The van der Waals surface area contributed by atoms with Gasteiger partial charge in [-0.3, -0.25) is 0 Å². The Balaban J connectivity index is 1.19. The molecule has 14 rings (SSSR count). The van der Waals surface area contributed by atoms with Gasteiger partial charge in [-0.1, -0.05) is 166 Å². The summed E-state index contributed by atoms with van der Waals surface area (Å²) in [5, 5.41) is 4.40. The van der Waals surface area contributed by atoms with E-state index >= 15 is 0 Å². The first-order valence-electron chi connectivity index (χ1n) is 22.4. The summed E-state index contributed by atoms with van der Waals surface area (Å²) in [6.45, 7) is 6.65. The highest BCUT2D eigenvalue weighted by atomic mass is 16.3. The van der Waals surface area contributed by atoms with Crippen LogP contribution in [-0.2, 0) is 10.8 Å². The van der Waals surface area contributed by atoms with Crippen LogP contribution in [0.4, 0.5) is 28.4 Å². The van der Waals surface area contributed by atoms with E-state index in [1.54, 1.807) is 0 Å². The van der Waals surface area contributed by atoms with Crippen molar-refractivity contribution >= 4 is 90.1 Å². The summed E-state index contributed by atoms with van der Waals surface area (Å²) in [4.78, 5) is 5.21. The predicted molar refractivity (Wildman–Crippen MR) is 265 cm³/mol. The summed E-state index contributed by atoms with van der Waals surface area (Å²) in [6, 6.07) is 71.7. The molecule has 3 aliphatic heterocycles. The number of hydrogen-bond acceptors (Lipinski definition) is 4. The highest BCUT2D eigenvalue weighted by Crippen LogP contribution is 2.60. The summed E-state index contributed by atoms with van der Waals surface area (Å²) < 4.78 is 13.9. The van der Waals surface area contributed by atoms with E-state index in [-0.39, 0.29) is 12.3 Å². The summed E-state index contributed by atoms with van der Waals surface area (Å²) in [5.41, 5.74) is 19.7. The zero-order valence-electron chi connectivity index (χ0n) is 35.8. The van der Waals surface area contributed by atoms with Crippen molar-refractivity contribution in [2.45, 2.75) is 31.6 Å². The van der Waals surface area contributed by atoms with Crippen LogP contribution in [0.3, 0.4) is 0 Å². The van der Waals surface area contributed by atoms with E-state index in [2.05, 4.69) is 225 Å². The number of rotatable bonds is 3. The number of nitrogens with zero attached hydrogens (tertiary/aromatic N) is 2. The van der Waals surface area contributed by atoms with Crippen molar-refractivity contribution in [3.05, 3.63) is 222 Å². The number of anilines is 5. The number of benzene rings is 9. The fourth-order valence-electron chi connectivity index (χ4n) is 11.8. The van der Waals surface area contributed by atoms with Crippen LogP contribution >= 0.6 is 0 Å². The molecule has 302 valence electrons. The molecule has 11 aromatic rings. The predicted octanol–water partition coefficient (Wildman–Crippen LogP) is 14.2. The van der Waals surface area contributed by atoms with Crippen LogP contribution in [0.2, 0.25) is 0 Å². The SMILES string of the molecule is CC(C)(C)c1ccc(N2B3c4cccc5c4N(c4ccccc4C5(c4ccccc4)c4ccccc4)c4cc5c(oc6ccccc65)c(c43)-c3c2ccc2oc4ccccc4c32)cc1. The van der Waals surface area contributed by atoms with Crippen LogP contribution < -0.4 is 20.6 Å². The van der Waals surface area contributed by atoms with Crippen LogP contribution in [0, 0.1) is 0 Å². The van der Waals surface area contributed by atoms with Gasteiger partial charge in [-0.05, 0) is 92.7 Å². The van der Waals surface area contributed by atoms with Crippen LogP contribution in [-0.4, -0.2) is 6.85 Å². The number of para-hydroxylation sites is 4. The molecule has 3 aliphatic rings. The van der Waals surface area contributed by atoms with Gasteiger partial charge in [-0.25, -0.2) is 0 Å². The molecule has 4 nitrogen and oxygen atoms in total. The zero-order chi connectivity index (χ0) is 42.5. The maximum atomic E-state index is 7.16. The molecule has 0 bridgehead atoms. The van der Waals surface area contributed by atoms with Crippen LogP contribution in [0.15, 0.2) is 203 Å². The van der Waals surface area contributed by atoms with Gasteiger partial charge in [0.1, 0.15) is 22.3 Å². The van der Waals surface area contributed by atoms with E-state index in [0.29, 0.717) is 0 Å². The van der Waals surface area contributed by atoms with Gasteiger partial charge in [-0.2, -0.15) is 0 Å². The Morgan fingerprint density at radius 1 is 0.484 bits per heavy atom. The smallest absolute Gasteiger partial charge is 0.333 e. The molecule has 9 aromatic carbocycles. The van der Waals surface area contributed by atoms with Crippen molar-refractivity contribution in [2.75, 3.05) is 9.71 Å². The Bertz CT molecular complexity index is 3690. The molecule has 0 spiro atoms. The molecule has 0 amide bonds. The molecule has 64 heavy (non-hydrogen) atoms. The minimum Gasteiger partial charge on any atom is -0.456 e. The van der Waals surface area contributed by atoms with Crippen molar-refractivity contribution in [2.24, 2.45) is 0 Å². The fraction of sp³-hybridized carbons (Fsp3) is 0.0847. The van der Waals surface area contributed by atoms with Gasteiger partial charge in [-0.15, -0.1) is 0 Å². The number of hydrogen-bond donors (Lipinski definition) is 0. The normalized spacial score (nSPS) is 14.5. The molecule has 2 aromatic heterocycles. The highest BCUT2D eigenvalue weighted by Gasteiger charge is 2.53. The molecule has 0 aliphatic carbocycles. The Kier molecular flexibility index (Phi) is 7.09. The second-order valence-electron chi connectivity index (χ2n) is 18.7. The Morgan fingerprint density at radius 3 is 1.86 bits per heavy atom.